The summed E-state index contributed by atoms with van der Waals surface area (Å²) >= 11 is 0. The fraction of sp³-hybridized carbons (Fsp3) is 0.588. The molecule has 0 bridgehead atoms. The number of methoxy groups -OCH3 is 1. The predicted molar refractivity (Wildman–Crippen MR) is 87.4 cm³/mol. The van der Waals surface area contributed by atoms with Crippen LogP contribution in [0.15, 0.2) is 24.3 Å². The van der Waals surface area contributed by atoms with Crippen LogP contribution < -0.4 is 4.90 Å². The monoisotopic (exact) mass is 360 g/mol. The van der Waals surface area contributed by atoms with Crippen molar-refractivity contribution in [3.63, 3.8) is 0 Å². The highest BCUT2D eigenvalue weighted by molar-refractivity contribution is 5.77. The van der Waals surface area contributed by atoms with Crippen molar-refractivity contribution < 1.29 is 27.8 Å². The average molecular weight is 360 g/mol. The molecule has 1 aliphatic heterocycles. The van der Waals surface area contributed by atoms with Crippen LogP contribution in [0.3, 0.4) is 0 Å². The average Bonchev–Trinajstić information content (AvgIpc) is 2.74. The van der Waals surface area contributed by atoms with Crippen molar-refractivity contribution in [3.8, 4) is 0 Å². The summed E-state index contributed by atoms with van der Waals surface area (Å²) in [7, 11) is 1.49. The summed E-state index contributed by atoms with van der Waals surface area (Å²) in [6, 6.07) is 5.15. The first-order chi connectivity index (χ1) is 11.8. The number of amides is 1. The van der Waals surface area contributed by atoms with Crippen molar-refractivity contribution >= 4 is 11.6 Å². The van der Waals surface area contributed by atoms with E-state index in [9.17, 15) is 23.1 Å². The molecular weight excluding hydrogens is 337 g/mol. The number of benzene rings is 1. The Morgan fingerprint density at radius 3 is 2.72 bits per heavy atom. The van der Waals surface area contributed by atoms with E-state index in [4.69, 9.17) is 4.74 Å². The van der Waals surface area contributed by atoms with Crippen LogP contribution in [-0.4, -0.2) is 61.9 Å². The molecule has 25 heavy (non-hydrogen) atoms. The van der Waals surface area contributed by atoms with E-state index in [1.165, 1.54) is 13.2 Å². The number of hydrogen-bond acceptors (Lipinski definition) is 4. The molecule has 1 saturated heterocycles. The number of nitrogens with zero attached hydrogens (tertiary/aromatic N) is 2. The number of aliphatic hydroxyl groups excluding tert-OH is 1. The molecule has 1 unspecified atom stereocenters. The fourth-order valence-corrected chi connectivity index (χ4v) is 2.82. The van der Waals surface area contributed by atoms with Gasteiger partial charge in [-0.1, -0.05) is 6.07 Å². The quantitative estimate of drug-likeness (QED) is 0.845. The highest BCUT2D eigenvalue weighted by atomic mass is 19.4. The molecule has 0 spiro atoms. The molecule has 1 heterocycles. The van der Waals surface area contributed by atoms with Crippen LogP contribution in [0.5, 0.6) is 0 Å². The van der Waals surface area contributed by atoms with Gasteiger partial charge in [0.15, 0.2) is 0 Å². The first-order valence-electron chi connectivity index (χ1n) is 8.18. The van der Waals surface area contributed by atoms with E-state index in [0.29, 0.717) is 38.3 Å². The Kier molecular flexibility index (Phi) is 6.66. The lowest BCUT2D eigenvalue weighted by Gasteiger charge is -2.25. The third kappa shape index (κ3) is 5.61. The van der Waals surface area contributed by atoms with Gasteiger partial charge in [-0.25, -0.2) is 0 Å². The second kappa shape index (κ2) is 8.53. The van der Waals surface area contributed by atoms with E-state index in [1.54, 1.807) is 15.9 Å². The zero-order valence-electron chi connectivity index (χ0n) is 14.1. The Balaban J connectivity index is 1.99. The first kappa shape index (κ1) is 19.5. The van der Waals surface area contributed by atoms with Crippen LogP contribution >= 0.6 is 0 Å². The summed E-state index contributed by atoms with van der Waals surface area (Å²) in [6.07, 6.45) is -4.39. The summed E-state index contributed by atoms with van der Waals surface area (Å²) in [4.78, 5) is 15.6. The van der Waals surface area contributed by atoms with Gasteiger partial charge >= 0.3 is 6.18 Å². The van der Waals surface area contributed by atoms with Gasteiger partial charge in [-0.15, -0.1) is 0 Å². The van der Waals surface area contributed by atoms with E-state index in [-0.39, 0.29) is 18.9 Å². The lowest BCUT2D eigenvalue weighted by molar-refractivity contribution is -0.137. The van der Waals surface area contributed by atoms with Gasteiger partial charge in [-0.05, 0) is 24.6 Å². The summed E-state index contributed by atoms with van der Waals surface area (Å²) in [6.45, 7) is 1.84. The number of rotatable bonds is 6. The molecule has 1 aromatic rings. The SMILES string of the molecule is COCC(O)CCN1CCN(c2cccc(C(F)(F)F)c2)CCC1=O. The van der Waals surface area contributed by atoms with E-state index < -0.39 is 17.8 Å². The Morgan fingerprint density at radius 1 is 1.28 bits per heavy atom. The minimum atomic E-state index is -4.39. The Bertz CT molecular complexity index is 581. The van der Waals surface area contributed by atoms with Crippen LogP contribution in [0.1, 0.15) is 18.4 Å². The van der Waals surface area contributed by atoms with Crippen LogP contribution in [0.4, 0.5) is 18.9 Å². The van der Waals surface area contributed by atoms with Crippen molar-refractivity contribution in [3.05, 3.63) is 29.8 Å². The Labute approximate surface area is 145 Å². The standard InChI is InChI=1S/C17H23F3N2O3/c1-25-12-15(23)5-7-22-10-9-21(8-6-16(22)24)14-4-2-3-13(11-14)17(18,19)20/h2-4,11,15,23H,5-10,12H2,1H3. The maximum Gasteiger partial charge on any atom is 0.416 e. The van der Waals surface area contributed by atoms with Gasteiger partial charge in [0.2, 0.25) is 5.91 Å². The van der Waals surface area contributed by atoms with E-state index in [2.05, 4.69) is 0 Å². The molecule has 5 nitrogen and oxygen atoms in total. The predicted octanol–water partition coefficient (Wildman–Crippen LogP) is 2.14. The van der Waals surface area contributed by atoms with Gasteiger partial charge in [0.1, 0.15) is 0 Å². The Hall–Kier alpha value is -1.80. The van der Waals surface area contributed by atoms with Crippen molar-refractivity contribution in [1.29, 1.82) is 0 Å². The van der Waals surface area contributed by atoms with Crippen molar-refractivity contribution in [1.82, 2.24) is 4.90 Å². The van der Waals surface area contributed by atoms with E-state index >= 15 is 0 Å². The number of carbonyl (C=O) groups is 1. The van der Waals surface area contributed by atoms with Gasteiger partial charge in [0.25, 0.3) is 0 Å². The molecule has 1 amide bonds. The van der Waals surface area contributed by atoms with Crippen LogP contribution in [0.25, 0.3) is 0 Å². The summed E-state index contributed by atoms with van der Waals surface area (Å²) in [5, 5.41) is 9.69. The topological polar surface area (TPSA) is 53.0 Å². The van der Waals surface area contributed by atoms with Gasteiger partial charge in [0, 0.05) is 45.4 Å². The van der Waals surface area contributed by atoms with Crippen molar-refractivity contribution in [2.24, 2.45) is 0 Å². The number of aliphatic hydroxyl groups is 1. The van der Waals surface area contributed by atoms with Gasteiger partial charge in [0.05, 0.1) is 18.3 Å². The lowest BCUT2D eigenvalue weighted by Crippen LogP contribution is -2.36. The molecule has 1 atom stereocenters. The summed E-state index contributed by atoms with van der Waals surface area (Å²) < 4.78 is 43.4. The molecular formula is C17H23F3N2O3. The van der Waals surface area contributed by atoms with Crippen LogP contribution in [0, 0.1) is 0 Å². The third-order valence-electron chi connectivity index (χ3n) is 4.22. The first-order valence-corrected chi connectivity index (χ1v) is 8.18. The summed E-state index contributed by atoms with van der Waals surface area (Å²) in [5.74, 6) is -0.0564. The normalized spacial score (nSPS) is 17.6. The maximum absolute atomic E-state index is 12.9. The largest absolute Gasteiger partial charge is 0.416 e. The van der Waals surface area contributed by atoms with E-state index in [0.717, 1.165) is 12.1 Å². The second-order valence-electron chi connectivity index (χ2n) is 6.06. The molecule has 0 aliphatic carbocycles. The van der Waals surface area contributed by atoms with Gasteiger partial charge in [-0.2, -0.15) is 13.2 Å². The number of halogens is 3. The van der Waals surface area contributed by atoms with Crippen molar-refractivity contribution in [2.45, 2.75) is 25.1 Å². The van der Waals surface area contributed by atoms with Gasteiger partial charge < -0.3 is 19.6 Å². The molecule has 1 fully saturated rings. The van der Waals surface area contributed by atoms with Crippen LogP contribution in [0.2, 0.25) is 0 Å². The summed E-state index contributed by atoms with van der Waals surface area (Å²) in [5.41, 5.74) is -0.232. The maximum atomic E-state index is 12.9. The molecule has 1 aliphatic rings. The van der Waals surface area contributed by atoms with Gasteiger partial charge in [-0.3, -0.25) is 4.79 Å². The number of carbonyl (C=O) groups excluding carboxylic acids is 1. The second-order valence-corrected chi connectivity index (χ2v) is 6.06. The van der Waals surface area contributed by atoms with E-state index in [1.807, 2.05) is 0 Å². The molecule has 1 N–H and O–H groups in total. The Morgan fingerprint density at radius 2 is 2.04 bits per heavy atom. The highest BCUT2D eigenvalue weighted by Crippen LogP contribution is 2.31. The number of hydrogen-bond donors (Lipinski definition) is 1. The molecule has 0 aromatic heterocycles. The molecule has 1 aromatic carbocycles. The fourth-order valence-electron chi connectivity index (χ4n) is 2.82. The zero-order chi connectivity index (χ0) is 18.4. The molecule has 140 valence electrons. The minimum Gasteiger partial charge on any atom is -0.391 e. The number of ether oxygens (including phenoxy) is 1. The smallest absolute Gasteiger partial charge is 0.391 e. The van der Waals surface area contributed by atoms with Crippen molar-refractivity contribution in [2.75, 3.05) is 44.8 Å². The molecule has 0 saturated carbocycles. The third-order valence-corrected chi connectivity index (χ3v) is 4.22. The molecule has 8 heteroatoms. The lowest BCUT2D eigenvalue weighted by atomic mass is 10.1. The highest BCUT2D eigenvalue weighted by Gasteiger charge is 2.31. The molecule has 2 rings (SSSR count). The molecule has 0 radical (unpaired) electrons. The van der Waals surface area contributed by atoms with Crippen LogP contribution in [-0.2, 0) is 15.7 Å². The zero-order valence-corrected chi connectivity index (χ0v) is 14.1. The number of anilines is 1. The number of alkyl halides is 3. The minimum absolute atomic E-state index is 0.0564.